The van der Waals surface area contributed by atoms with Crippen molar-refractivity contribution in [2.24, 2.45) is 5.92 Å². The van der Waals surface area contributed by atoms with E-state index in [1.165, 1.54) is 0 Å². The maximum atomic E-state index is 11.2. The lowest BCUT2D eigenvalue weighted by Crippen LogP contribution is -2.39. The Labute approximate surface area is 95.4 Å². The van der Waals surface area contributed by atoms with Crippen molar-refractivity contribution in [2.75, 3.05) is 26.8 Å². The first-order valence-corrected chi connectivity index (χ1v) is 5.28. The summed E-state index contributed by atoms with van der Waals surface area (Å²) >= 11 is 0. The number of hydrogen-bond acceptors (Lipinski definition) is 3. The Kier molecular flexibility index (Phi) is 8.24. The van der Waals surface area contributed by atoms with Gasteiger partial charge in [-0.3, -0.25) is 4.79 Å². The fourth-order valence-corrected chi connectivity index (χ4v) is 1.11. The molecule has 0 saturated heterocycles. The van der Waals surface area contributed by atoms with E-state index in [4.69, 9.17) is 9.84 Å². The molecule has 0 aliphatic heterocycles. The van der Waals surface area contributed by atoms with Crippen molar-refractivity contribution in [1.82, 2.24) is 10.6 Å². The van der Waals surface area contributed by atoms with Gasteiger partial charge in [0.25, 0.3) is 0 Å². The Morgan fingerprint density at radius 1 is 1.38 bits per heavy atom. The molecule has 0 heterocycles. The Morgan fingerprint density at radius 3 is 2.62 bits per heavy atom. The van der Waals surface area contributed by atoms with E-state index in [-0.39, 0.29) is 18.4 Å². The second-order valence-electron chi connectivity index (χ2n) is 3.69. The quantitative estimate of drug-likeness (QED) is 0.530. The molecule has 94 valence electrons. The molecule has 0 aromatic heterocycles. The first-order chi connectivity index (χ1) is 7.56. The molecule has 0 aliphatic rings. The van der Waals surface area contributed by atoms with E-state index >= 15 is 0 Å². The van der Waals surface area contributed by atoms with Crippen LogP contribution in [0.2, 0.25) is 0 Å². The zero-order valence-corrected chi connectivity index (χ0v) is 9.78. The predicted molar refractivity (Wildman–Crippen MR) is 59.3 cm³/mol. The summed E-state index contributed by atoms with van der Waals surface area (Å²) in [4.78, 5) is 21.4. The number of aliphatic carboxylic acids is 1. The van der Waals surface area contributed by atoms with Crippen LogP contribution in [-0.2, 0) is 9.53 Å². The minimum Gasteiger partial charge on any atom is -0.481 e. The van der Waals surface area contributed by atoms with Crippen molar-refractivity contribution in [1.29, 1.82) is 0 Å². The third-order valence-electron chi connectivity index (χ3n) is 1.92. The summed E-state index contributed by atoms with van der Waals surface area (Å²) in [5.41, 5.74) is 0. The maximum absolute atomic E-state index is 11.2. The van der Waals surface area contributed by atoms with Crippen LogP contribution >= 0.6 is 0 Å². The Bertz CT molecular complexity index is 221. The van der Waals surface area contributed by atoms with Gasteiger partial charge in [0, 0.05) is 26.6 Å². The van der Waals surface area contributed by atoms with Gasteiger partial charge in [0.05, 0.1) is 6.61 Å². The zero-order chi connectivity index (χ0) is 12.4. The number of carboxylic acids is 1. The molecule has 0 fully saturated rings. The third kappa shape index (κ3) is 9.26. The fraction of sp³-hybridized carbons (Fsp3) is 0.800. The Hall–Kier alpha value is -1.30. The van der Waals surface area contributed by atoms with Crippen molar-refractivity contribution in [3.63, 3.8) is 0 Å². The summed E-state index contributed by atoms with van der Waals surface area (Å²) < 4.78 is 4.92. The van der Waals surface area contributed by atoms with Gasteiger partial charge in [-0.1, -0.05) is 6.92 Å². The number of amides is 2. The fourth-order valence-electron chi connectivity index (χ4n) is 1.11. The molecule has 1 atom stereocenters. The molecule has 0 aliphatic carbocycles. The monoisotopic (exact) mass is 232 g/mol. The number of urea groups is 1. The summed E-state index contributed by atoms with van der Waals surface area (Å²) in [6, 6.07) is -0.270. The van der Waals surface area contributed by atoms with Crippen molar-refractivity contribution in [3.05, 3.63) is 0 Å². The molecule has 2 amide bonds. The van der Waals surface area contributed by atoms with Gasteiger partial charge in [-0.2, -0.15) is 0 Å². The number of hydrogen-bond donors (Lipinski definition) is 3. The van der Waals surface area contributed by atoms with Gasteiger partial charge in [-0.15, -0.1) is 0 Å². The van der Waals surface area contributed by atoms with Crippen LogP contribution in [0.5, 0.6) is 0 Å². The van der Waals surface area contributed by atoms with Crippen LogP contribution in [0.25, 0.3) is 0 Å². The highest BCUT2D eigenvalue weighted by Crippen LogP contribution is 1.91. The standard InChI is InChI=1S/C10H20N2O4/c1-8(7-16-2)6-12-10(15)11-5-3-4-9(13)14/h8H,3-7H2,1-2H3,(H,13,14)(H2,11,12,15). The highest BCUT2D eigenvalue weighted by Gasteiger charge is 2.04. The smallest absolute Gasteiger partial charge is 0.314 e. The molecule has 0 aromatic carbocycles. The van der Waals surface area contributed by atoms with Crippen LogP contribution in [0, 0.1) is 5.92 Å². The Morgan fingerprint density at radius 2 is 2.06 bits per heavy atom. The van der Waals surface area contributed by atoms with Gasteiger partial charge < -0.3 is 20.5 Å². The minimum atomic E-state index is -0.851. The molecule has 0 rings (SSSR count). The molecule has 0 aromatic rings. The third-order valence-corrected chi connectivity index (χ3v) is 1.92. The lowest BCUT2D eigenvalue weighted by atomic mass is 10.2. The maximum Gasteiger partial charge on any atom is 0.314 e. The first-order valence-electron chi connectivity index (χ1n) is 5.28. The van der Waals surface area contributed by atoms with Gasteiger partial charge in [0.2, 0.25) is 0 Å². The van der Waals surface area contributed by atoms with Crippen LogP contribution in [0.1, 0.15) is 19.8 Å². The number of nitrogens with one attached hydrogen (secondary N) is 2. The van der Waals surface area contributed by atoms with E-state index in [1.807, 2.05) is 6.92 Å². The van der Waals surface area contributed by atoms with Gasteiger partial charge in [-0.05, 0) is 12.3 Å². The predicted octanol–water partition coefficient (Wildman–Crippen LogP) is 0.433. The largest absolute Gasteiger partial charge is 0.481 e. The average molecular weight is 232 g/mol. The molecule has 3 N–H and O–H groups in total. The van der Waals surface area contributed by atoms with Gasteiger partial charge in [0.1, 0.15) is 0 Å². The van der Waals surface area contributed by atoms with Crippen molar-refractivity contribution < 1.29 is 19.4 Å². The molecule has 1 unspecified atom stereocenters. The summed E-state index contributed by atoms with van der Waals surface area (Å²) in [5.74, 6) is -0.592. The van der Waals surface area contributed by atoms with E-state index in [2.05, 4.69) is 10.6 Å². The summed E-state index contributed by atoms with van der Waals surface area (Å²) in [6.07, 6.45) is 0.511. The lowest BCUT2D eigenvalue weighted by Gasteiger charge is -2.12. The van der Waals surface area contributed by atoms with Crippen LogP contribution in [-0.4, -0.2) is 43.9 Å². The molecule has 0 radical (unpaired) electrons. The molecule has 0 spiro atoms. The SMILES string of the molecule is COCC(C)CNC(=O)NCCCC(=O)O. The van der Waals surface area contributed by atoms with Crippen LogP contribution in [0.3, 0.4) is 0 Å². The van der Waals surface area contributed by atoms with E-state index < -0.39 is 5.97 Å². The van der Waals surface area contributed by atoms with Crippen LogP contribution in [0.4, 0.5) is 4.79 Å². The number of ether oxygens (including phenoxy) is 1. The van der Waals surface area contributed by atoms with Crippen molar-refractivity contribution >= 4 is 12.0 Å². The number of methoxy groups -OCH3 is 1. The average Bonchev–Trinajstić information content (AvgIpc) is 2.22. The van der Waals surface area contributed by atoms with Crippen molar-refractivity contribution in [2.45, 2.75) is 19.8 Å². The van der Waals surface area contributed by atoms with E-state index in [0.29, 0.717) is 26.1 Å². The second kappa shape index (κ2) is 8.96. The molecular formula is C10H20N2O4. The van der Waals surface area contributed by atoms with E-state index in [1.54, 1.807) is 7.11 Å². The minimum absolute atomic E-state index is 0.0698. The summed E-state index contributed by atoms with van der Waals surface area (Å²) in [6.45, 7) is 3.48. The summed E-state index contributed by atoms with van der Waals surface area (Å²) in [7, 11) is 1.61. The molecule has 0 saturated carbocycles. The van der Waals surface area contributed by atoms with Gasteiger partial charge >= 0.3 is 12.0 Å². The molecular weight excluding hydrogens is 212 g/mol. The van der Waals surface area contributed by atoms with Gasteiger partial charge in [-0.25, -0.2) is 4.79 Å². The number of carbonyl (C=O) groups excluding carboxylic acids is 1. The normalized spacial score (nSPS) is 11.9. The lowest BCUT2D eigenvalue weighted by molar-refractivity contribution is -0.137. The highest BCUT2D eigenvalue weighted by molar-refractivity contribution is 5.73. The number of rotatable bonds is 8. The Balaban J connectivity index is 3.41. The molecule has 0 bridgehead atoms. The van der Waals surface area contributed by atoms with E-state index in [9.17, 15) is 9.59 Å². The highest BCUT2D eigenvalue weighted by atomic mass is 16.5. The summed E-state index contributed by atoms with van der Waals surface area (Å²) in [5, 5.41) is 13.6. The van der Waals surface area contributed by atoms with Crippen molar-refractivity contribution in [3.8, 4) is 0 Å². The molecule has 6 nitrogen and oxygen atoms in total. The molecule has 6 heteroatoms. The van der Waals surface area contributed by atoms with Crippen LogP contribution in [0.15, 0.2) is 0 Å². The topological polar surface area (TPSA) is 87.7 Å². The number of carbonyl (C=O) groups is 2. The molecule has 16 heavy (non-hydrogen) atoms. The zero-order valence-electron chi connectivity index (χ0n) is 9.78. The number of carboxylic acid groups (broad SMARTS) is 1. The second-order valence-corrected chi connectivity index (χ2v) is 3.69. The van der Waals surface area contributed by atoms with Gasteiger partial charge in [0.15, 0.2) is 0 Å². The first kappa shape index (κ1) is 14.7. The van der Waals surface area contributed by atoms with Crippen LogP contribution < -0.4 is 10.6 Å². The van der Waals surface area contributed by atoms with E-state index in [0.717, 1.165) is 0 Å².